The van der Waals surface area contributed by atoms with Gasteiger partial charge in [-0.3, -0.25) is 9.20 Å². The average molecular weight is 288 g/mol. The number of thiazole rings is 1. The number of anilines is 1. The maximum Gasteiger partial charge on any atom is 0.252 e. The number of primary amides is 1. The van der Waals surface area contributed by atoms with Crippen molar-refractivity contribution in [3.8, 4) is 5.75 Å². The lowest BCUT2D eigenvalue weighted by atomic mass is 10.1. The second kappa shape index (κ2) is 4.86. The maximum absolute atomic E-state index is 11.4. The number of nitrogen functional groups attached to an aromatic ring is 1. The molecular formula is C13H12N4O2S. The molecule has 0 radical (unpaired) electrons. The summed E-state index contributed by atoms with van der Waals surface area (Å²) >= 11 is 1.54. The monoisotopic (exact) mass is 288 g/mol. The molecule has 7 heteroatoms. The molecule has 0 fully saturated rings. The highest BCUT2D eigenvalue weighted by molar-refractivity contribution is 7.15. The number of imidazole rings is 1. The van der Waals surface area contributed by atoms with Crippen LogP contribution in [0, 0.1) is 0 Å². The molecule has 2 heterocycles. The molecule has 0 unspecified atom stereocenters. The lowest BCUT2D eigenvalue weighted by Crippen LogP contribution is -2.14. The van der Waals surface area contributed by atoms with Crippen LogP contribution in [0.1, 0.15) is 16.1 Å². The van der Waals surface area contributed by atoms with Crippen LogP contribution in [0.25, 0.3) is 4.96 Å². The summed E-state index contributed by atoms with van der Waals surface area (Å²) in [5.74, 6) is -0.269. The molecule has 1 aromatic carbocycles. The zero-order chi connectivity index (χ0) is 14.1. The molecule has 0 aliphatic rings. The molecule has 0 saturated heterocycles. The molecule has 3 rings (SSSR count). The predicted molar refractivity (Wildman–Crippen MR) is 76.8 cm³/mol. The molecule has 0 aliphatic heterocycles. The molecule has 1 amide bonds. The van der Waals surface area contributed by atoms with E-state index in [0.717, 1.165) is 10.7 Å². The Bertz CT molecular complexity index is 749. The van der Waals surface area contributed by atoms with Crippen molar-refractivity contribution in [2.24, 2.45) is 5.73 Å². The first kappa shape index (κ1) is 12.5. The van der Waals surface area contributed by atoms with Crippen LogP contribution in [0.3, 0.4) is 0 Å². The van der Waals surface area contributed by atoms with Gasteiger partial charge in [-0.2, -0.15) is 0 Å². The molecule has 20 heavy (non-hydrogen) atoms. The second-order valence-electron chi connectivity index (χ2n) is 4.20. The zero-order valence-corrected chi connectivity index (χ0v) is 11.3. The van der Waals surface area contributed by atoms with Gasteiger partial charge in [-0.1, -0.05) is 6.07 Å². The second-order valence-corrected chi connectivity index (χ2v) is 5.07. The Morgan fingerprint density at radius 1 is 1.45 bits per heavy atom. The molecule has 2 aromatic heterocycles. The predicted octanol–water partition coefficient (Wildman–Crippen LogP) is 1.66. The molecule has 0 bridgehead atoms. The number of nitrogens with two attached hydrogens (primary N) is 2. The summed E-state index contributed by atoms with van der Waals surface area (Å²) < 4.78 is 7.53. The molecule has 102 valence electrons. The first-order valence-corrected chi connectivity index (χ1v) is 6.75. The molecule has 0 spiro atoms. The van der Waals surface area contributed by atoms with Gasteiger partial charge in [-0.25, -0.2) is 4.98 Å². The highest BCUT2D eigenvalue weighted by Crippen LogP contribution is 2.27. The van der Waals surface area contributed by atoms with Crippen LogP contribution in [0.4, 0.5) is 5.69 Å². The molecule has 0 aliphatic carbocycles. The van der Waals surface area contributed by atoms with E-state index < -0.39 is 5.91 Å². The van der Waals surface area contributed by atoms with E-state index in [-0.39, 0.29) is 12.2 Å². The van der Waals surface area contributed by atoms with Crippen molar-refractivity contribution in [3.63, 3.8) is 0 Å². The van der Waals surface area contributed by atoms with Crippen molar-refractivity contribution in [1.29, 1.82) is 0 Å². The summed E-state index contributed by atoms with van der Waals surface area (Å²) in [6.07, 6.45) is 3.79. The van der Waals surface area contributed by atoms with Crippen LogP contribution >= 0.6 is 11.3 Å². The van der Waals surface area contributed by atoms with Crippen LogP contribution in [-0.2, 0) is 6.61 Å². The van der Waals surface area contributed by atoms with E-state index in [1.807, 2.05) is 22.2 Å². The molecule has 0 atom stereocenters. The Morgan fingerprint density at radius 2 is 2.30 bits per heavy atom. The fourth-order valence-electron chi connectivity index (χ4n) is 1.90. The van der Waals surface area contributed by atoms with Crippen molar-refractivity contribution >= 4 is 27.9 Å². The average Bonchev–Trinajstić information content (AvgIpc) is 2.97. The topological polar surface area (TPSA) is 95.6 Å². The number of carbonyl (C=O) groups excluding carboxylic acids is 1. The summed E-state index contributed by atoms with van der Waals surface area (Å²) in [5, 5.41) is 1.95. The third-order valence-electron chi connectivity index (χ3n) is 2.82. The number of carbonyl (C=O) groups is 1. The van der Waals surface area contributed by atoms with Crippen molar-refractivity contribution in [3.05, 3.63) is 47.2 Å². The Morgan fingerprint density at radius 3 is 3.05 bits per heavy atom. The number of ether oxygens (including phenoxy) is 1. The third-order valence-corrected chi connectivity index (χ3v) is 3.59. The van der Waals surface area contributed by atoms with Gasteiger partial charge in [0.2, 0.25) is 0 Å². The van der Waals surface area contributed by atoms with Gasteiger partial charge < -0.3 is 16.2 Å². The Hall–Kier alpha value is -2.54. The summed E-state index contributed by atoms with van der Waals surface area (Å²) in [6.45, 7) is 0.225. The number of para-hydroxylation sites is 1. The van der Waals surface area contributed by atoms with Gasteiger partial charge in [0.05, 0.1) is 16.9 Å². The smallest absolute Gasteiger partial charge is 0.252 e. The molecule has 0 saturated carbocycles. The fraction of sp³-hybridized carbons (Fsp3) is 0.0769. The quantitative estimate of drug-likeness (QED) is 0.714. The minimum Gasteiger partial charge on any atom is -0.484 e. The highest BCUT2D eigenvalue weighted by atomic mass is 32.1. The molecule has 3 aromatic rings. The van der Waals surface area contributed by atoms with E-state index in [1.54, 1.807) is 18.2 Å². The van der Waals surface area contributed by atoms with Gasteiger partial charge in [-0.15, -0.1) is 11.3 Å². The highest BCUT2D eigenvalue weighted by Gasteiger charge is 2.13. The summed E-state index contributed by atoms with van der Waals surface area (Å²) in [7, 11) is 0. The van der Waals surface area contributed by atoms with Crippen LogP contribution in [-0.4, -0.2) is 15.3 Å². The summed E-state index contributed by atoms with van der Waals surface area (Å²) in [4.78, 5) is 16.6. The number of benzene rings is 1. The Labute approximate surface area is 118 Å². The number of aromatic nitrogens is 2. The van der Waals surface area contributed by atoms with Crippen molar-refractivity contribution in [1.82, 2.24) is 9.38 Å². The van der Waals surface area contributed by atoms with E-state index in [9.17, 15) is 4.79 Å². The maximum atomic E-state index is 11.4. The summed E-state index contributed by atoms with van der Waals surface area (Å²) in [6, 6.07) is 4.90. The number of hydrogen-bond acceptors (Lipinski definition) is 5. The van der Waals surface area contributed by atoms with Gasteiger partial charge in [0.1, 0.15) is 6.61 Å². The summed E-state index contributed by atoms with van der Waals surface area (Å²) in [5.41, 5.74) is 12.5. The van der Waals surface area contributed by atoms with Crippen LogP contribution in [0.5, 0.6) is 5.75 Å². The van der Waals surface area contributed by atoms with Gasteiger partial charge >= 0.3 is 0 Å². The minimum absolute atomic E-state index is 0.225. The standard InChI is InChI=1S/C13H12N4O2S/c14-10-3-1-2-9(12(15)18)11(10)19-7-8-6-17-4-5-20-13(17)16-8/h1-6H,7,14H2,(H2,15,18). The minimum atomic E-state index is -0.571. The normalized spacial score (nSPS) is 10.8. The van der Waals surface area contributed by atoms with Gasteiger partial charge in [0.25, 0.3) is 5.91 Å². The number of rotatable bonds is 4. The number of amides is 1. The van der Waals surface area contributed by atoms with Gasteiger partial charge in [0, 0.05) is 17.8 Å². The Kier molecular flexibility index (Phi) is 3.03. The van der Waals surface area contributed by atoms with Crippen molar-refractivity contribution in [2.75, 3.05) is 5.73 Å². The number of nitrogens with zero attached hydrogens (tertiary/aromatic N) is 2. The number of hydrogen-bond donors (Lipinski definition) is 2. The first-order chi connectivity index (χ1) is 9.65. The van der Waals surface area contributed by atoms with Crippen LogP contribution < -0.4 is 16.2 Å². The lowest BCUT2D eigenvalue weighted by Gasteiger charge is -2.10. The Balaban J connectivity index is 1.84. The van der Waals surface area contributed by atoms with E-state index >= 15 is 0 Å². The van der Waals surface area contributed by atoms with Gasteiger partial charge in [-0.05, 0) is 12.1 Å². The van der Waals surface area contributed by atoms with Gasteiger partial charge in [0.15, 0.2) is 10.7 Å². The van der Waals surface area contributed by atoms with Crippen molar-refractivity contribution < 1.29 is 9.53 Å². The number of fused-ring (bicyclic) bond motifs is 1. The van der Waals surface area contributed by atoms with E-state index in [1.165, 1.54) is 11.3 Å². The molecular weight excluding hydrogens is 276 g/mol. The fourth-order valence-corrected chi connectivity index (χ4v) is 2.62. The van der Waals surface area contributed by atoms with Crippen molar-refractivity contribution in [2.45, 2.75) is 6.61 Å². The lowest BCUT2D eigenvalue weighted by molar-refractivity contribution is 0.0996. The van der Waals surface area contributed by atoms with E-state index in [4.69, 9.17) is 16.2 Å². The van der Waals surface area contributed by atoms with E-state index in [0.29, 0.717) is 11.4 Å². The SMILES string of the molecule is NC(=O)c1cccc(N)c1OCc1cn2ccsc2n1. The molecule has 6 nitrogen and oxygen atoms in total. The zero-order valence-electron chi connectivity index (χ0n) is 10.4. The third kappa shape index (κ3) is 2.19. The van der Waals surface area contributed by atoms with Crippen LogP contribution in [0.2, 0.25) is 0 Å². The largest absolute Gasteiger partial charge is 0.484 e. The van der Waals surface area contributed by atoms with E-state index in [2.05, 4.69) is 4.98 Å². The first-order valence-electron chi connectivity index (χ1n) is 5.87. The van der Waals surface area contributed by atoms with Crippen LogP contribution in [0.15, 0.2) is 36.0 Å². The molecule has 4 N–H and O–H groups in total.